The van der Waals surface area contributed by atoms with Crippen molar-refractivity contribution in [3.05, 3.63) is 109 Å². The number of phosphoric acid groups is 1. The van der Waals surface area contributed by atoms with Gasteiger partial charge in [-0.15, -0.1) is 0 Å². The number of nitrogens with one attached hydrogen (secondary N) is 1. The summed E-state index contributed by atoms with van der Waals surface area (Å²) in [7, 11) is 1.45. The zero-order valence-electron chi connectivity index (χ0n) is 50.4. The Hall–Kier alpha value is -3.33. The summed E-state index contributed by atoms with van der Waals surface area (Å²) in [4.78, 5) is 37.7. The Bertz CT molecular complexity index is 1690. The van der Waals surface area contributed by atoms with Crippen molar-refractivity contribution in [2.75, 3.05) is 40.9 Å². The normalized spacial score (nSPS) is 14.4. The Kier molecular flexibility index (Phi) is 53.5. The van der Waals surface area contributed by atoms with Crippen LogP contribution in [0.3, 0.4) is 0 Å². The molecule has 0 aliphatic heterocycles. The molecular formula is C67H118N2O7P+. The van der Waals surface area contributed by atoms with Crippen LogP contribution in [-0.4, -0.2) is 74.3 Å². The molecule has 0 fully saturated rings. The number of likely N-dealkylation sites (N-methyl/N-ethyl adjacent to an activating group) is 1. The first-order valence-electron chi connectivity index (χ1n) is 31.2. The number of phosphoric ester groups is 1. The highest BCUT2D eigenvalue weighted by atomic mass is 31.2. The van der Waals surface area contributed by atoms with Gasteiger partial charge >= 0.3 is 13.8 Å². The second-order valence-corrected chi connectivity index (χ2v) is 23.3. The van der Waals surface area contributed by atoms with Crippen molar-refractivity contribution < 1.29 is 37.3 Å². The van der Waals surface area contributed by atoms with Crippen molar-refractivity contribution in [3.8, 4) is 0 Å². The summed E-state index contributed by atoms with van der Waals surface area (Å²) >= 11 is 0. The molecule has 0 saturated carbocycles. The van der Waals surface area contributed by atoms with E-state index in [2.05, 4.69) is 123 Å². The highest BCUT2D eigenvalue weighted by molar-refractivity contribution is 7.47. The van der Waals surface area contributed by atoms with Crippen LogP contribution in [-0.2, 0) is 27.9 Å². The second kappa shape index (κ2) is 56.0. The molecule has 0 heterocycles. The van der Waals surface area contributed by atoms with Gasteiger partial charge in [0.1, 0.15) is 19.3 Å². The first-order valence-corrected chi connectivity index (χ1v) is 32.7. The monoisotopic (exact) mass is 1090 g/mol. The number of quaternary nitrogens is 1. The predicted molar refractivity (Wildman–Crippen MR) is 332 cm³/mol. The lowest BCUT2D eigenvalue weighted by molar-refractivity contribution is -0.870. The summed E-state index contributed by atoms with van der Waals surface area (Å²) in [5, 5.41) is 3.03. The van der Waals surface area contributed by atoms with Crippen molar-refractivity contribution in [2.45, 2.75) is 264 Å². The Morgan fingerprint density at radius 3 is 1.29 bits per heavy atom. The van der Waals surface area contributed by atoms with Gasteiger partial charge in [0.15, 0.2) is 0 Å². The van der Waals surface area contributed by atoms with Crippen molar-refractivity contribution in [3.63, 3.8) is 0 Å². The molecule has 0 saturated heterocycles. The van der Waals surface area contributed by atoms with E-state index in [1.54, 1.807) is 0 Å². The fourth-order valence-electron chi connectivity index (χ4n) is 8.38. The summed E-state index contributed by atoms with van der Waals surface area (Å²) in [6, 6.07) is -0.880. The molecule has 1 amide bonds. The molecule has 0 aromatic rings. The molecule has 0 bridgehead atoms. The van der Waals surface area contributed by atoms with Crippen molar-refractivity contribution in [1.82, 2.24) is 5.32 Å². The Balaban J connectivity index is 5.31. The molecular weight excluding hydrogens is 976 g/mol. The molecule has 0 aromatic heterocycles. The van der Waals surface area contributed by atoms with Crippen molar-refractivity contribution >= 4 is 19.7 Å². The molecule has 0 aromatic carbocycles. The number of esters is 1. The van der Waals surface area contributed by atoms with E-state index in [-0.39, 0.29) is 37.9 Å². The Morgan fingerprint density at radius 2 is 0.831 bits per heavy atom. The number of ether oxygens (including phenoxy) is 1. The third-order valence-electron chi connectivity index (χ3n) is 13.2. The minimum Gasteiger partial charge on any atom is -0.456 e. The maximum atomic E-state index is 13.5. The average Bonchev–Trinajstić information content (AvgIpc) is 3.39. The molecule has 77 heavy (non-hydrogen) atoms. The topological polar surface area (TPSA) is 111 Å². The number of nitrogens with zero attached hydrogens (tertiary/aromatic N) is 1. The minimum atomic E-state index is -4.47. The fourth-order valence-corrected chi connectivity index (χ4v) is 9.12. The Labute approximate surface area is 474 Å². The molecule has 3 unspecified atom stereocenters. The number of carbonyl (C=O) groups excluding carboxylic acids is 2. The van der Waals surface area contributed by atoms with Gasteiger partial charge in [-0.1, -0.05) is 233 Å². The summed E-state index contributed by atoms with van der Waals surface area (Å²) in [6.45, 7) is 6.82. The van der Waals surface area contributed by atoms with Crippen LogP contribution in [0.15, 0.2) is 109 Å². The Morgan fingerprint density at radius 1 is 0.468 bits per heavy atom. The van der Waals surface area contributed by atoms with Crippen LogP contribution >= 0.6 is 7.82 Å². The van der Waals surface area contributed by atoms with Gasteiger partial charge in [-0.25, -0.2) is 4.57 Å². The number of hydrogen-bond acceptors (Lipinski definition) is 6. The SMILES string of the molecule is CC/C=C\C/C=C\C/C=C\C/C=C\C/C=C\C/C=C\CCCCC(=O)NC(COP(=O)(O)OCC[N+](C)(C)C)C(/C=C/CCCCCCCCCCC)OC(=O)CCCCCCCCCCC/C=C\C/C=C\CCCCC. The van der Waals surface area contributed by atoms with Gasteiger partial charge in [0.2, 0.25) is 5.91 Å². The van der Waals surface area contributed by atoms with E-state index in [1.165, 1.54) is 103 Å². The lowest BCUT2D eigenvalue weighted by Crippen LogP contribution is -2.47. The molecule has 0 spiro atoms. The average molecular weight is 1090 g/mol. The van der Waals surface area contributed by atoms with Crippen LogP contribution in [0.25, 0.3) is 0 Å². The summed E-state index contributed by atoms with van der Waals surface area (Å²) in [5.41, 5.74) is 0. The summed E-state index contributed by atoms with van der Waals surface area (Å²) in [5.74, 6) is -0.566. The highest BCUT2D eigenvalue weighted by Crippen LogP contribution is 2.43. The van der Waals surface area contributed by atoms with E-state index in [4.69, 9.17) is 13.8 Å². The molecule has 0 aliphatic carbocycles. The van der Waals surface area contributed by atoms with E-state index < -0.39 is 20.0 Å². The molecule has 0 radical (unpaired) electrons. The largest absolute Gasteiger partial charge is 0.472 e. The van der Waals surface area contributed by atoms with Crippen LogP contribution in [0.1, 0.15) is 252 Å². The number of allylic oxidation sites excluding steroid dienone is 17. The zero-order chi connectivity index (χ0) is 56.4. The highest BCUT2D eigenvalue weighted by Gasteiger charge is 2.30. The van der Waals surface area contributed by atoms with E-state index in [9.17, 15) is 19.0 Å². The molecule has 3 atom stereocenters. The minimum absolute atomic E-state index is 0.0255. The summed E-state index contributed by atoms with van der Waals surface area (Å²) < 4.78 is 30.6. The van der Waals surface area contributed by atoms with Gasteiger partial charge in [-0.2, -0.15) is 0 Å². The molecule has 10 heteroatoms. The van der Waals surface area contributed by atoms with Gasteiger partial charge < -0.3 is 19.4 Å². The van der Waals surface area contributed by atoms with Crippen LogP contribution in [0.5, 0.6) is 0 Å². The van der Waals surface area contributed by atoms with E-state index in [1.807, 2.05) is 33.3 Å². The van der Waals surface area contributed by atoms with E-state index in [0.29, 0.717) is 17.4 Å². The van der Waals surface area contributed by atoms with Gasteiger partial charge in [0.25, 0.3) is 0 Å². The molecule has 0 aliphatic rings. The van der Waals surface area contributed by atoms with E-state index >= 15 is 0 Å². The number of hydrogen-bond donors (Lipinski definition) is 2. The van der Waals surface area contributed by atoms with Gasteiger partial charge in [-0.3, -0.25) is 18.6 Å². The van der Waals surface area contributed by atoms with Crippen molar-refractivity contribution in [1.29, 1.82) is 0 Å². The zero-order valence-corrected chi connectivity index (χ0v) is 51.3. The van der Waals surface area contributed by atoms with Crippen molar-refractivity contribution in [2.24, 2.45) is 0 Å². The maximum Gasteiger partial charge on any atom is 0.472 e. The van der Waals surface area contributed by atoms with Crippen LogP contribution < -0.4 is 5.32 Å². The molecule has 9 nitrogen and oxygen atoms in total. The van der Waals surface area contributed by atoms with E-state index in [0.717, 1.165) is 109 Å². The van der Waals surface area contributed by atoms with Crippen LogP contribution in [0.4, 0.5) is 0 Å². The third-order valence-corrected chi connectivity index (χ3v) is 14.2. The standard InChI is InChI=1S/C67H117N2O7P/c1-7-10-13-16-19-22-25-27-29-31-33-34-36-37-39-41-44-47-50-53-56-59-66(70)68-64(63-75-77(72,73)74-62-61-69(4,5)6)65(58-55-52-49-46-43-24-21-18-15-12-9-3)76-67(71)60-57-54-51-48-45-42-40-38-35-32-30-28-26-23-20-17-14-11-8-2/h10,13,19-20,22-23,27-30,33-34,37,39,44,47,55,58,64-65H,7-9,11-12,14-18,21,24-26,31-32,35-36,38,40-43,45-46,48-54,56-57,59-63H2,1-6H3,(H-,68,70,72,73)/p+1/b13-10-,22-19-,23-20-,29-27-,30-28-,34-33-,39-37-,47-44-,58-55+. The fraction of sp³-hybridized carbons (Fsp3) is 0.701. The van der Waals surface area contributed by atoms with Crippen LogP contribution in [0, 0.1) is 0 Å². The smallest absolute Gasteiger partial charge is 0.456 e. The van der Waals surface area contributed by atoms with Crippen LogP contribution in [0.2, 0.25) is 0 Å². The number of amides is 1. The third kappa shape index (κ3) is 57.2. The number of rotatable bonds is 55. The number of unbranched alkanes of at least 4 members (excludes halogenated alkanes) is 23. The first-order chi connectivity index (χ1) is 37.4. The summed E-state index contributed by atoms with van der Waals surface area (Å²) in [6.07, 6.45) is 76.6. The van der Waals surface area contributed by atoms with Gasteiger partial charge in [0, 0.05) is 12.8 Å². The second-order valence-electron chi connectivity index (χ2n) is 21.8. The maximum absolute atomic E-state index is 13.5. The lowest BCUT2D eigenvalue weighted by Gasteiger charge is -2.27. The van der Waals surface area contributed by atoms with Gasteiger partial charge in [-0.05, 0) is 115 Å². The predicted octanol–water partition coefficient (Wildman–Crippen LogP) is 19.3. The van der Waals surface area contributed by atoms with Gasteiger partial charge in [0.05, 0.1) is 33.8 Å². The quantitative estimate of drug-likeness (QED) is 0.0205. The molecule has 2 N–H and O–H groups in total. The number of carbonyl (C=O) groups is 2. The molecule has 442 valence electrons. The lowest BCUT2D eigenvalue weighted by atomic mass is 10.1. The first kappa shape index (κ1) is 73.7. The molecule has 0 rings (SSSR count).